The van der Waals surface area contributed by atoms with Gasteiger partial charge in [-0.1, -0.05) is 24.3 Å². The molecule has 7 heteroatoms. The van der Waals surface area contributed by atoms with Crippen molar-refractivity contribution in [3.05, 3.63) is 72.6 Å². The van der Waals surface area contributed by atoms with Crippen LogP contribution in [0.5, 0.6) is 0 Å². The number of nitrogens with zero attached hydrogens (tertiary/aromatic N) is 5. The van der Waals surface area contributed by atoms with Gasteiger partial charge in [-0.05, 0) is 49.4 Å². The number of hydrogen-bond donors (Lipinski definition) is 2. The summed E-state index contributed by atoms with van der Waals surface area (Å²) in [6, 6.07) is 19.2. The van der Waals surface area contributed by atoms with Crippen LogP contribution in [0, 0.1) is 0 Å². The molecule has 4 aromatic rings. The van der Waals surface area contributed by atoms with E-state index in [4.69, 9.17) is 0 Å². The molecular weight excluding hydrogens is 398 g/mol. The molecule has 4 heterocycles. The van der Waals surface area contributed by atoms with Gasteiger partial charge in [-0.3, -0.25) is 4.98 Å². The number of nitrogens with one attached hydrogen (secondary N) is 2. The van der Waals surface area contributed by atoms with Gasteiger partial charge >= 0.3 is 0 Å². The highest BCUT2D eigenvalue weighted by atomic mass is 15.3. The van der Waals surface area contributed by atoms with Crippen LogP contribution in [0.4, 0.5) is 28.8 Å². The number of hydrogen-bond acceptors (Lipinski definition) is 7. The van der Waals surface area contributed by atoms with E-state index in [1.54, 1.807) is 6.20 Å². The van der Waals surface area contributed by atoms with Crippen molar-refractivity contribution in [2.45, 2.75) is 12.5 Å². The van der Waals surface area contributed by atoms with E-state index in [2.05, 4.69) is 72.8 Å². The molecule has 7 nitrogen and oxygen atoms in total. The van der Waals surface area contributed by atoms with Gasteiger partial charge in [0.25, 0.3) is 0 Å². The summed E-state index contributed by atoms with van der Waals surface area (Å²) in [7, 11) is 2.18. The van der Waals surface area contributed by atoms with Crippen LogP contribution in [0.1, 0.15) is 5.56 Å². The van der Waals surface area contributed by atoms with Gasteiger partial charge in [0.1, 0.15) is 5.82 Å². The molecule has 0 radical (unpaired) electrons. The lowest BCUT2D eigenvalue weighted by Gasteiger charge is -2.43. The Labute approximate surface area is 187 Å². The number of likely N-dealkylation sites (N-methyl/N-ethyl adjacent to an activating group) is 1. The van der Waals surface area contributed by atoms with Crippen molar-refractivity contribution < 1.29 is 0 Å². The van der Waals surface area contributed by atoms with E-state index >= 15 is 0 Å². The first-order valence-corrected chi connectivity index (χ1v) is 11.0. The average molecular weight is 424 g/mol. The summed E-state index contributed by atoms with van der Waals surface area (Å²) in [5.74, 6) is 1.29. The van der Waals surface area contributed by atoms with Crippen LogP contribution in [-0.2, 0) is 6.42 Å². The number of rotatable bonds is 5. The molecule has 0 amide bonds. The van der Waals surface area contributed by atoms with E-state index in [0.717, 1.165) is 54.2 Å². The fourth-order valence-electron chi connectivity index (χ4n) is 4.63. The van der Waals surface area contributed by atoms with Gasteiger partial charge in [-0.15, -0.1) is 0 Å². The lowest BCUT2D eigenvalue weighted by Crippen LogP contribution is -2.57. The Morgan fingerprint density at radius 2 is 1.84 bits per heavy atom. The van der Waals surface area contributed by atoms with Crippen molar-refractivity contribution in [2.24, 2.45) is 0 Å². The van der Waals surface area contributed by atoms with E-state index in [1.807, 2.05) is 30.5 Å². The molecule has 2 N–H and O–H groups in total. The maximum atomic E-state index is 4.65. The first-order valence-electron chi connectivity index (χ1n) is 11.0. The summed E-state index contributed by atoms with van der Waals surface area (Å²) >= 11 is 0. The van der Waals surface area contributed by atoms with Gasteiger partial charge in [0.05, 0.1) is 23.4 Å². The number of benzene rings is 2. The predicted molar refractivity (Wildman–Crippen MR) is 129 cm³/mol. The van der Waals surface area contributed by atoms with Crippen molar-refractivity contribution in [2.75, 3.05) is 42.2 Å². The summed E-state index contributed by atoms with van der Waals surface area (Å²) < 4.78 is 0. The summed E-state index contributed by atoms with van der Waals surface area (Å²) in [5.41, 5.74) is 5.64. The van der Waals surface area contributed by atoms with Crippen molar-refractivity contribution in [3.63, 3.8) is 0 Å². The molecule has 2 aliphatic rings. The van der Waals surface area contributed by atoms with Crippen LogP contribution < -0.4 is 15.5 Å². The van der Waals surface area contributed by atoms with Gasteiger partial charge in [0.15, 0.2) is 0 Å². The highest BCUT2D eigenvalue weighted by molar-refractivity contribution is 5.82. The van der Waals surface area contributed by atoms with E-state index in [0.29, 0.717) is 12.0 Å². The fourth-order valence-corrected chi connectivity index (χ4v) is 4.63. The van der Waals surface area contributed by atoms with E-state index in [1.165, 1.54) is 11.3 Å². The minimum atomic E-state index is 0.566. The molecule has 0 aliphatic carbocycles. The number of pyridine rings is 1. The third-order valence-electron chi connectivity index (χ3n) is 6.28. The van der Waals surface area contributed by atoms with Crippen LogP contribution in [0.2, 0.25) is 0 Å². The zero-order valence-corrected chi connectivity index (χ0v) is 18.0. The van der Waals surface area contributed by atoms with Gasteiger partial charge in [-0.2, -0.15) is 4.98 Å². The maximum Gasteiger partial charge on any atom is 0.229 e. The molecule has 0 unspecified atom stereocenters. The minimum Gasteiger partial charge on any atom is -0.365 e. The lowest BCUT2D eigenvalue weighted by atomic mass is 10.1. The smallest absolute Gasteiger partial charge is 0.229 e. The zero-order valence-electron chi connectivity index (χ0n) is 18.0. The third-order valence-corrected chi connectivity index (χ3v) is 6.28. The molecule has 0 bridgehead atoms. The van der Waals surface area contributed by atoms with Crippen LogP contribution in [0.15, 0.2) is 67.0 Å². The predicted octanol–water partition coefficient (Wildman–Crippen LogP) is 4.19. The third kappa shape index (κ3) is 3.61. The number of likely N-dealkylation sites (tertiary alicyclic amines) is 1. The van der Waals surface area contributed by atoms with Crippen LogP contribution in [0.25, 0.3) is 10.9 Å². The first kappa shape index (κ1) is 19.0. The largest absolute Gasteiger partial charge is 0.365 e. The van der Waals surface area contributed by atoms with Gasteiger partial charge in [0, 0.05) is 42.6 Å². The average Bonchev–Trinajstić information content (AvgIpc) is 3.20. The van der Waals surface area contributed by atoms with Crippen LogP contribution in [-0.4, -0.2) is 52.6 Å². The molecular formula is C25H25N7. The molecule has 160 valence electrons. The highest BCUT2D eigenvalue weighted by Crippen LogP contribution is 2.34. The second-order valence-electron chi connectivity index (χ2n) is 8.59. The Hall–Kier alpha value is -3.71. The Morgan fingerprint density at radius 1 is 0.938 bits per heavy atom. The second kappa shape index (κ2) is 7.76. The van der Waals surface area contributed by atoms with Crippen molar-refractivity contribution >= 4 is 39.7 Å². The van der Waals surface area contributed by atoms with Crippen molar-refractivity contribution in [1.82, 2.24) is 19.9 Å². The van der Waals surface area contributed by atoms with Gasteiger partial charge in [0.2, 0.25) is 5.95 Å². The van der Waals surface area contributed by atoms with Crippen LogP contribution >= 0.6 is 0 Å². The number of anilines is 5. The molecule has 32 heavy (non-hydrogen) atoms. The molecule has 2 aromatic heterocycles. The number of para-hydroxylation sites is 1. The summed E-state index contributed by atoms with van der Waals surface area (Å²) in [5, 5.41) is 7.81. The van der Waals surface area contributed by atoms with Crippen molar-refractivity contribution in [3.8, 4) is 0 Å². The standard InChI is InChI=1S/C25H25N7/c1-31-15-21(16-31)32-11-9-17-6-7-19(13-23(17)32)29-25-26-10-8-24(30-25)28-20-12-18-4-2-3-5-22(18)27-14-20/h2-8,10,12-14,21H,9,11,15-16H2,1H3,(H2,26,28,29,30). The molecule has 0 atom stereocenters. The fraction of sp³-hybridized carbons (Fsp3) is 0.240. The maximum absolute atomic E-state index is 4.65. The number of aromatic nitrogens is 3. The quantitative estimate of drug-likeness (QED) is 0.499. The summed E-state index contributed by atoms with van der Waals surface area (Å²) in [4.78, 5) is 18.5. The molecule has 2 aromatic carbocycles. The van der Waals surface area contributed by atoms with E-state index < -0.39 is 0 Å². The van der Waals surface area contributed by atoms with Gasteiger partial charge in [-0.25, -0.2) is 4.98 Å². The number of fused-ring (bicyclic) bond motifs is 2. The van der Waals surface area contributed by atoms with E-state index in [9.17, 15) is 0 Å². The van der Waals surface area contributed by atoms with Gasteiger partial charge < -0.3 is 20.4 Å². The molecule has 2 aliphatic heterocycles. The van der Waals surface area contributed by atoms with Crippen molar-refractivity contribution in [1.29, 1.82) is 0 Å². The molecule has 6 rings (SSSR count). The summed E-state index contributed by atoms with van der Waals surface area (Å²) in [6.45, 7) is 3.38. The lowest BCUT2D eigenvalue weighted by molar-refractivity contribution is 0.185. The second-order valence-corrected chi connectivity index (χ2v) is 8.59. The van der Waals surface area contributed by atoms with Crippen LogP contribution in [0.3, 0.4) is 0 Å². The Balaban J connectivity index is 1.20. The molecule has 0 saturated carbocycles. The zero-order chi connectivity index (χ0) is 21.5. The SMILES string of the molecule is CN1CC(N2CCc3ccc(Nc4nccc(Nc5cnc6ccccc6c5)n4)cc32)C1. The Bertz CT molecular complexity index is 1280. The molecule has 0 spiro atoms. The normalized spacial score (nSPS) is 16.1. The molecule has 1 fully saturated rings. The minimum absolute atomic E-state index is 0.566. The monoisotopic (exact) mass is 423 g/mol. The molecule has 1 saturated heterocycles. The first-order chi connectivity index (χ1) is 15.7. The highest BCUT2D eigenvalue weighted by Gasteiger charge is 2.33. The van der Waals surface area contributed by atoms with E-state index in [-0.39, 0.29) is 0 Å². The summed E-state index contributed by atoms with van der Waals surface area (Å²) in [6.07, 6.45) is 4.70. The Kier molecular flexibility index (Phi) is 4.61. The Morgan fingerprint density at radius 3 is 2.75 bits per heavy atom. The topological polar surface area (TPSA) is 69.2 Å².